The van der Waals surface area contributed by atoms with Crippen molar-refractivity contribution in [1.29, 1.82) is 0 Å². The SMILES string of the molecule is CCCOc1c(O)c(OC(=O)O)cc(CC)c1CC. The molecule has 0 heterocycles. The molecule has 0 saturated heterocycles. The Morgan fingerprint density at radius 1 is 1.26 bits per heavy atom. The highest BCUT2D eigenvalue weighted by molar-refractivity contribution is 5.66. The van der Waals surface area contributed by atoms with E-state index in [1.165, 1.54) is 0 Å². The van der Waals surface area contributed by atoms with Crippen LogP contribution < -0.4 is 9.47 Å². The van der Waals surface area contributed by atoms with Crippen molar-refractivity contribution in [3.8, 4) is 17.2 Å². The van der Waals surface area contributed by atoms with E-state index in [-0.39, 0.29) is 11.5 Å². The molecule has 0 unspecified atom stereocenters. The van der Waals surface area contributed by atoms with Gasteiger partial charge in [0, 0.05) is 5.56 Å². The van der Waals surface area contributed by atoms with Gasteiger partial charge in [-0.05, 0) is 30.9 Å². The van der Waals surface area contributed by atoms with E-state index >= 15 is 0 Å². The van der Waals surface area contributed by atoms with Crippen molar-refractivity contribution in [2.24, 2.45) is 0 Å². The zero-order valence-corrected chi connectivity index (χ0v) is 11.5. The fourth-order valence-corrected chi connectivity index (χ4v) is 1.95. The molecular formula is C14H20O5. The lowest BCUT2D eigenvalue weighted by atomic mass is 10.0. The van der Waals surface area contributed by atoms with E-state index in [2.05, 4.69) is 4.74 Å². The van der Waals surface area contributed by atoms with Crippen LogP contribution >= 0.6 is 0 Å². The van der Waals surface area contributed by atoms with Crippen molar-refractivity contribution >= 4 is 6.16 Å². The van der Waals surface area contributed by atoms with Crippen LogP contribution in [0.2, 0.25) is 0 Å². The molecule has 0 saturated carbocycles. The summed E-state index contributed by atoms with van der Waals surface area (Å²) in [4.78, 5) is 10.6. The first-order valence-corrected chi connectivity index (χ1v) is 6.46. The second-order valence-corrected chi connectivity index (χ2v) is 4.11. The highest BCUT2D eigenvalue weighted by Crippen LogP contribution is 2.42. The molecule has 2 N–H and O–H groups in total. The molecule has 0 aliphatic heterocycles. The lowest BCUT2D eigenvalue weighted by molar-refractivity contribution is 0.142. The quantitative estimate of drug-likeness (QED) is 0.611. The second-order valence-electron chi connectivity index (χ2n) is 4.11. The van der Waals surface area contributed by atoms with Gasteiger partial charge < -0.3 is 19.7 Å². The number of carboxylic acid groups (broad SMARTS) is 1. The first kappa shape index (κ1) is 15.1. The summed E-state index contributed by atoms with van der Waals surface area (Å²) in [6.45, 7) is 6.34. The lowest BCUT2D eigenvalue weighted by Gasteiger charge is -2.17. The Balaban J connectivity index is 3.32. The van der Waals surface area contributed by atoms with E-state index in [1.807, 2.05) is 20.8 Å². The second kappa shape index (κ2) is 6.87. The molecule has 1 rings (SSSR count). The molecule has 0 aliphatic carbocycles. The van der Waals surface area contributed by atoms with Crippen molar-refractivity contribution in [2.45, 2.75) is 40.0 Å². The summed E-state index contributed by atoms with van der Waals surface area (Å²) in [6.07, 6.45) is 0.752. The van der Waals surface area contributed by atoms with Crippen LogP contribution in [0.15, 0.2) is 6.07 Å². The minimum absolute atomic E-state index is 0.0762. The number of aromatic hydroxyl groups is 1. The van der Waals surface area contributed by atoms with Gasteiger partial charge in [0.25, 0.3) is 0 Å². The average Bonchev–Trinajstić information content (AvgIpc) is 2.38. The molecule has 0 aliphatic rings. The van der Waals surface area contributed by atoms with Gasteiger partial charge in [-0.25, -0.2) is 4.79 Å². The third kappa shape index (κ3) is 3.53. The third-order valence-corrected chi connectivity index (χ3v) is 2.80. The normalized spacial score (nSPS) is 10.3. The summed E-state index contributed by atoms with van der Waals surface area (Å²) in [5.74, 6) is 0.0116. The fraction of sp³-hybridized carbons (Fsp3) is 0.500. The molecule has 0 radical (unpaired) electrons. The van der Waals surface area contributed by atoms with Crippen molar-refractivity contribution in [2.75, 3.05) is 6.61 Å². The van der Waals surface area contributed by atoms with Crippen molar-refractivity contribution in [3.63, 3.8) is 0 Å². The van der Waals surface area contributed by atoms with Crippen LogP contribution in [-0.4, -0.2) is 23.0 Å². The predicted octanol–water partition coefficient (Wildman–Crippen LogP) is 3.36. The number of phenolic OH excluding ortho intramolecular Hbond substituents is 1. The van der Waals surface area contributed by atoms with E-state index in [1.54, 1.807) is 6.07 Å². The molecule has 0 amide bonds. The van der Waals surface area contributed by atoms with E-state index in [0.717, 1.165) is 17.5 Å². The molecule has 0 atom stereocenters. The van der Waals surface area contributed by atoms with Crippen LogP contribution in [0.25, 0.3) is 0 Å². The maximum atomic E-state index is 10.6. The topological polar surface area (TPSA) is 76.0 Å². The van der Waals surface area contributed by atoms with Gasteiger partial charge in [-0.15, -0.1) is 0 Å². The summed E-state index contributed by atoms with van der Waals surface area (Å²) in [6, 6.07) is 1.56. The average molecular weight is 268 g/mol. The van der Waals surface area contributed by atoms with Crippen LogP contribution in [0.3, 0.4) is 0 Å². The number of hydrogen-bond acceptors (Lipinski definition) is 4. The zero-order valence-electron chi connectivity index (χ0n) is 11.5. The smallest absolute Gasteiger partial charge is 0.502 e. The fourth-order valence-electron chi connectivity index (χ4n) is 1.95. The monoisotopic (exact) mass is 268 g/mol. The number of phenols is 1. The van der Waals surface area contributed by atoms with Gasteiger partial charge in [0.05, 0.1) is 6.61 Å². The van der Waals surface area contributed by atoms with Crippen LogP contribution in [0.4, 0.5) is 4.79 Å². The number of rotatable bonds is 6. The minimum Gasteiger partial charge on any atom is -0.502 e. The van der Waals surface area contributed by atoms with Crippen LogP contribution in [0, 0.1) is 0 Å². The van der Waals surface area contributed by atoms with Crippen LogP contribution in [0.1, 0.15) is 38.3 Å². The van der Waals surface area contributed by atoms with E-state index in [0.29, 0.717) is 25.2 Å². The number of aryl methyl sites for hydroxylation is 1. The molecule has 1 aromatic rings. The van der Waals surface area contributed by atoms with Crippen molar-refractivity contribution in [1.82, 2.24) is 0 Å². The molecule has 5 nitrogen and oxygen atoms in total. The largest absolute Gasteiger partial charge is 0.511 e. The number of benzene rings is 1. The molecule has 0 bridgehead atoms. The van der Waals surface area contributed by atoms with E-state index in [9.17, 15) is 9.90 Å². The summed E-state index contributed by atoms with van der Waals surface area (Å²) in [5.41, 5.74) is 1.81. The Hall–Kier alpha value is -1.91. The molecule has 0 fully saturated rings. The number of carbonyl (C=O) groups is 1. The highest BCUT2D eigenvalue weighted by Gasteiger charge is 2.19. The Labute approximate surface area is 112 Å². The summed E-state index contributed by atoms with van der Waals surface area (Å²) < 4.78 is 10.1. The van der Waals surface area contributed by atoms with Crippen LogP contribution in [-0.2, 0) is 12.8 Å². The molecule has 0 spiro atoms. The molecule has 1 aromatic carbocycles. The predicted molar refractivity (Wildman–Crippen MR) is 71.3 cm³/mol. The first-order valence-electron chi connectivity index (χ1n) is 6.46. The van der Waals surface area contributed by atoms with Crippen LogP contribution in [0.5, 0.6) is 17.2 Å². The first-order chi connectivity index (χ1) is 9.04. The Morgan fingerprint density at radius 2 is 1.95 bits per heavy atom. The number of ether oxygens (including phenoxy) is 2. The molecular weight excluding hydrogens is 248 g/mol. The number of hydrogen-bond donors (Lipinski definition) is 2. The highest BCUT2D eigenvalue weighted by atomic mass is 16.7. The van der Waals surface area contributed by atoms with Gasteiger partial charge in [0.15, 0.2) is 11.5 Å². The summed E-state index contributed by atoms with van der Waals surface area (Å²) >= 11 is 0. The molecule has 19 heavy (non-hydrogen) atoms. The summed E-state index contributed by atoms with van der Waals surface area (Å²) in [5, 5.41) is 18.8. The third-order valence-electron chi connectivity index (χ3n) is 2.80. The van der Waals surface area contributed by atoms with Gasteiger partial charge in [0.2, 0.25) is 5.75 Å². The van der Waals surface area contributed by atoms with Gasteiger partial charge >= 0.3 is 6.16 Å². The van der Waals surface area contributed by atoms with E-state index in [4.69, 9.17) is 9.84 Å². The van der Waals surface area contributed by atoms with Gasteiger partial charge in [0.1, 0.15) is 0 Å². The van der Waals surface area contributed by atoms with Crippen molar-refractivity contribution in [3.05, 3.63) is 17.2 Å². The maximum Gasteiger partial charge on any atom is 0.511 e. The Bertz CT molecular complexity index is 454. The maximum absolute atomic E-state index is 10.6. The Kier molecular flexibility index (Phi) is 5.48. The van der Waals surface area contributed by atoms with Crippen molar-refractivity contribution < 1.29 is 24.5 Å². The molecule has 0 aromatic heterocycles. The molecule has 106 valence electrons. The lowest BCUT2D eigenvalue weighted by Crippen LogP contribution is -2.07. The standard InChI is InChI=1S/C14H20O5/c1-4-7-18-13-10(6-3)9(5-2)8-11(12(13)15)19-14(16)17/h8,15H,4-7H2,1-3H3,(H,16,17). The Morgan fingerprint density at radius 3 is 2.42 bits per heavy atom. The van der Waals surface area contributed by atoms with E-state index < -0.39 is 6.16 Å². The minimum atomic E-state index is -1.46. The van der Waals surface area contributed by atoms with Gasteiger partial charge in [-0.1, -0.05) is 20.8 Å². The zero-order chi connectivity index (χ0) is 14.4. The van der Waals surface area contributed by atoms with Gasteiger partial charge in [-0.3, -0.25) is 0 Å². The summed E-state index contributed by atoms with van der Waals surface area (Å²) in [7, 11) is 0. The van der Waals surface area contributed by atoms with Gasteiger partial charge in [-0.2, -0.15) is 0 Å². The molecule has 5 heteroatoms.